The van der Waals surface area contributed by atoms with Gasteiger partial charge in [0.25, 0.3) is 0 Å². The quantitative estimate of drug-likeness (QED) is 0.892. The van der Waals surface area contributed by atoms with Crippen LogP contribution < -0.4 is 10.1 Å². The molecular weight excluding hydrogens is 236 g/mol. The van der Waals surface area contributed by atoms with Crippen molar-refractivity contribution in [3.63, 3.8) is 0 Å². The molecule has 1 aromatic carbocycles. The molecule has 1 heterocycles. The van der Waals surface area contributed by atoms with Crippen LogP contribution in [0.5, 0.6) is 5.75 Å². The molecule has 0 aliphatic carbocycles. The van der Waals surface area contributed by atoms with E-state index in [-0.39, 0.29) is 6.04 Å². The largest absolute Gasteiger partial charge is 0.497 e. The molecule has 0 bridgehead atoms. The molecule has 0 aliphatic rings. The van der Waals surface area contributed by atoms with Gasteiger partial charge in [0, 0.05) is 11.9 Å². The lowest BCUT2D eigenvalue weighted by Crippen LogP contribution is -2.22. The van der Waals surface area contributed by atoms with Gasteiger partial charge in [0.15, 0.2) is 0 Å². The molecule has 2 aromatic rings. The summed E-state index contributed by atoms with van der Waals surface area (Å²) in [6, 6.07) is 12.5. The highest BCUT2D eigenvalue weighted by molar-refractivity contribution is 5.36. The van der Waals surface area contributed by atoms with Gasteiger partial charge >= 0.3 is 0 Å². The highest BCUT2D eigenvalue weighted by Gasteiger charge is 2.13. The monoisotopic (exact) mass is 256 g/mol. The SMILES string of the molecule is CCNC(c1cccc(OC)c1)c1ccnc(C)c1. The minimum Gasteiger partial charge on any atom is -0.497 e. The van der Waals surface area contributed by atoms with Gasteiger partial charge in [-0.1, -0.05) is 19.1 Å². The summed E-state index contributed by atoms with van der Waals surface area (Å²) in [7, 11) is 1.69. The smallest absolute Gasteiger partial charge is 0.119 e. The number of nitrogens with one attached hydrogen (secondary N) is 1. The average molecular weight is 256 g/mol. The van der Waals surface area contributed by atoms with Crippen molar-refractivity contribution >= 4 is 0 Å². The molecule has 0 fully saturated rings. The van der Waals surface area contributed by atoms with Crippen molar-refractivity contribution < 1.29 is 4.74 Å². The number of nitrogens with zero attached hydrogens (tertiary/aromatic N) is 1. The number of pyridine rings is 1. The summed E-state index contributed by atoms with van der Waals surface area (Å²) < 4.78 is 5.30. The number of aryl methyl sites for hydroxylation is 1. The van der Waals surface area contributed by atoms with E-state index < -0.39 is 0 Å². The first kappa shape index (κ1) is 13.6. The van der Waals surface area contributed by atoms with Crippen LogP contribution in [0.4, 0.5) is 0 Å². The molecule has 0 spiro atoms. The van der Waals surface area contributed by atoms with Crippen LogP contribution in [0, 0.1) is 6.92 Å². The maximum Gasteiger partial charge on any atom is 0.119 e. The summed E-state index contributed by atoms with van der Waals surface area (Å²) in [4.78, 5) is 4.26. The Morgan fingerprint density at radius 2 is 2.00 bits per heavy atom. The number of aromatic nitrogens is 1. The molecule has 1 aromatic heterocycles. The van der Waals surface area contributed by atoms with Crippen LogP contribution in [-0.2, 0) is 0 Å². The fourth-order valence-corrected chi connectivity index (χ4v) is 2.20. The first-order chi connectivity index (χ1) is 9.24. The number of benzene rings is 1. The van der Waals surface area contributed by atoms with Crippen molar-refractivity contribution in [1.29, 1.82) is 0 Å². The molecule has 0 aliphatic heterocycles. The zero-order valence-electron chi connectivity index (χ0n) is 11.7. The number of methoxy groups -OCH3 is 1. The van der Waals surface area contributed by atoms with Gasteiger partial charge < -0.3 is 10.1 Å². The third-order valence-corrected chi connectivity index (χ3v) is 3.09. The fourth-order valence-electron chi connectivity index (χ4n) is 2.20. The third-order valence-electron chi connectivity index (χ3n) is 3.09. The molecule has 0 saturated carbocycles. The lowest BCUT2D eigenvalue weighted by atomic mass is 9.98. The van der Waals surface area contributed by atoms with Crippen LogP contribution in [0.25, 0.3) is 0 Å². The van der Waals surface area contributed by atoms with E-state index in [9.17, 15) is 0 Å². The van der Waals surface area contributed by atoms with Crippen molar-refractivity contribution in [2.45, 2.75) is 19.9 Å². The Labute approximate surface area is 114 Å². The van der Waals surface area contributed by atoms with E-state index in [1.54, 1.807) is 7.11 Å². The molecule has 19 heavy (non-hydrogen) atoms. The zero-order chi connectivity index (χ0) is 13.7. The molecular formula is C16H20N2O. The van der Waals surface area contributed by atoms with Gasteiger partial charge in [-0.05, 0) is 48.9 Å². The molecule has 1 N–H and O–H groups in total. The maximum atomic E-state index is 5.30. The summed E-state index contributed by atoms with van der Waals surface area (Å²) in [6.45, 7) is 5.03. The highest BCUT2D eigenvalue weighted by atomic mass is 16.5. The van der Waals surface area contributed by atoms with E-state index in [1.165, 1.54) is 11.1 Å². The second kappa shape index (κ2) is 6.34. The number of hydrogen-bond donors (Lipinski definition) is 1. The number of ether oxygens (including phenoxy) is 1. The standard InChI is InChI=1S/C16H20N2O/c1-4-17-16(14-8-9-18-12(2)10-14)13-6-5-7-15(11-13)19-3/h5-11,16-17H,4H2,1-3H3. The van der Waals surface area contributed by atoms with Gasteiger partial charge in [-0.2, -0.15) is 0 Å². The van der Waals surface area contributed by atoms with Gasteiger partial charge in [-0.25, -0.2) is 0 Å². The molecule has 3 heteroatoms. The molecule has 0 radical (unpaired) electrons. The van der Waals surface area contributed by atoms with Crippen LogP contribution in [-0.4, -0.2) is 18.6 Å². The van der Waals surface area contributed by atoms with E-state index in [0.717, 1.165) is 18.0 Å². The lowest BCUT2D eigenvalue weighted by Gasteiger charge is -2.19. The molecule has 0 amide bonds. The van der Waals surface area contributed by atoms with Crippen LogP contribution in [0.15, 0.2) is 42.6 Å². The Morgan fingerprint density at radius 3 is 2.68 bits per heavy atom. The van der Waals surface area contributed by atoms with Crippen molar-refractivity contribution in [3.05, 3.63) is 59.4 Å². The Kier molecular flexibility index (Phi) is 4.53. The van der Waals surface area contributed by atoms with E-state index >= 15 is 0 Å². The van der Waals surface area contributed by atoms with Gasteiger partial charge in [0.05, 0.1) is 13.2 Å². The Morgan fingerprint density at radius 1 is 1.21 bits per heavy atom. The Balaban J connectivity index is 2.38. The zero-order valence-corrected chi connectivity index (χ0v) is 11.7. The van der Waals surface area contributed by atoms with Crippen molar-refractivity contribution in [1.82, 2.24) is 10.3 Å². The predicted molar refractivity (Wildman–Crippen MR) is 77.5 cm³/mol. The van der Waals surface area contributed by atoms with Crippen LogP contribution in [0.1, 0.15) is 29.8 Å². The first-order valence-corrected chi connectivity index (χ1v) is 6.54. The van der Waals surface area contributed by atoms with E-state index in [2.05, 4.69) is 41.5 Å². The second-order valence-corrected chi connectivity index (χ2v) is 4.50. The minimum atomic E-state index is 0.168. The minimum absolute atomic E-state index is 0.168. The highest BCUT2D eigenvalue weighted by Crippen LogP contribution is 2.25. The van der Waals surface area contributed by atoms with Gasteiger partial charge in [-0.15, -0.1) is 0 Å². The van der Waals surface area contributed by atoms with Gasteiger partial charge in [0.2, 0.25) is 0 Å². The molecule has 0 saturated heterocycles. The van der Waals surface area contributed by atoms with Crippen LogP contribution >= 0.6 is 0 Å². The summed E-state index contributed by atoms with van der Waals surface area (Å²) in [6.07, 6.45) is 1.86. The lowest BCUT2D eigenvalue weighted by molar-refractivity contribution is 0.413. The van der Waals surface area contributed by atoms with Crippen LogP contribution in [0.2, 0.25) is 0 Å². The molecule has 100 valence electrons. The molecule has 1 unspecified atom stereocenters. The summed E-state index contributed by atoms with van der Waals surface area (Å²) in [5.74, 6) is 0.881. The second-order valence-electron chi connectivity index (χ2n) is 4.50. The Bertz CT molecular complexity index is 540. The molecule has 1 atom stereocenters. The Hall–Kier alpha value is -1.87. The van der Waals surface area contributed by atoms with Gasteiger partial charge in [0.1, 0.15) is 5.75 Å². The van der Waals surface area contributed by atoms with Gasteiger partial charge in [-0.3, -0.25) is 4.98 Å². The normalized spacial score (nSPS) is 12.2. The van der Waals surface area contributed by atoms with Crippen molar-refractivity contribution in [2.24, 2.45) is 0 Å². The molecule has 3 nitrogen and oxygen atoms in total. The summed E-state index contributed by atoms with van der Waals surface area (Å²) >= 11 is 0. The molecule has 2 rings (SSSR count). The average Bonchev–Trinajstić information content (AvgIpc) is 2.45. The number of rotatable bonds is 5. The van der Waals surface area contributed by atoms with Crippen LogP contribution in [0.3, 0.4) is 0 Å². The van der Waals surface area contributed by atoms with Crippen molar-refractivity contribution in [3.8, 4) is 5.75 Å². The van der Waals surface area contributed by atoms with E-state index in [4.69, 9.17) is 4.74 Å². The first-order valence-electron chi connectivity index (χ1n) is 6.54. The maximum absolute atomic E-state index is 5.30. The summed E-state index contributed by atoms with van der Waals surface area (Å²) in [5.41, 5.74) is 3.46. The topological polar surface area (TPSA) is 34.1 Å². The summed E-state index contributed by atoms with van der Waals surface area (Å²) in [5, 5.41) is 3.51. The third kappa shape index (κ3) is 3.32. The van der Waals surface area contributed by atoms with E-state index in [0.29, 0.717) is 0 Å². The predicted octanol–water partition coefficient (Wildman–Crippen LogP) is 3.10. The number of hydrogen-bond acceptors (Lipinski definition) is 3. The van der Waals surface area contributed by atoms with Crippen molar-refractivity contribution in [2.75, 3.05) is 13.7 Å². The van der Waals surface area contributed by atoms with E-state index in [1.807, 2.05) is 25.3 Å². The fraction of sp³-hybridized carbons (Fsp3) is 0.312.